The van der Waals surface area contributed by atoms with Crippen LogP contribution in [0.5, 0.6) is 0 Å². The lowest BCUT2D eigenvalue weighted by atomic mass is 9.87. The average molecular weight is 320 g/mol. The first kappa shape index (κ1) is 16.3. The van der Waals surface area contributed by atoms with Crippen LogP contribution in [-0.4, -0.2) is 38.2 Å². The number of hydrogen-bond acceptors (Lipinski definition) is 3. The minimum absolute atomic E-state index is 0.0000810. The van der Waals surface area contributed by atoms with Gasteiger partial charge in [-0.15, -0.1) is 0 Å². The molecule has 1 aliphatic heterocycles. The van der Waals surface area contributed by atoms with E-state index in [1.807, 2.05) is 11.9 Å². The van der Waals surface area contributed by atoms with Crippen molar-refractivity contribution in [1.29, 1.82) is 0 Å². The van der Waals surface area contributed by atoms with Gasteiger partial charge in [-0.3, -0.25) is 9.36 Å². The first-order valence-corrected chi connectivity index (χ1v) is 8.98. The van der Waals surface area contributed by atoms with Crippen LogP contribution in [-0.2, 0) is 24.3 Å². The van der Waals surface area contributed by atoms with Crippen LogP contribution in [0, 0.1) is 5.92 Å². The van der Waals surface area contributed by atoms with Crippen LogP contribution in [0.4, 0.5) is 0 Å². The fraction of sp³-hybridized carbons (Fsp3) is 0.824. The van der Waals surface area contributed by atoms with Gasteiger partial charge in [-0.05, 0) is 44.4 Å². The molecule has 0 aromatic carbocycles. The zero-order valence-corrected chi connectivity index (χ0v) is 14.3. The van der Waals surface area contributed by atoms with Gasteiger partial charge < -0.3 is 4.90 Å². The van der Waals surface area contributed by atoms with Crippen molar-refractivity contribution in [2.45, 2.75) is 77.4 Å². The number of carbonyl (C=O) groups is 1. The van der Waals surface area contributed by atoms with Gasteiger partial charge >= 0.3 is 5.69 Å². The van der Waals surface area contributed by atoms with Crippen LogP contribution < -0.4 is 5.69 Å². The molecule has 2 aliphatic rings. The third-order valence-electron chi connectivity index (χ3n) is 5.49. The summed E-state index contributed by atoms with van der Waals surface area (Å²) in [5.74, 6) is 1.61. The predicted octanol–water partition coefficient (Wildman–Crippen LogP) is 1.81. The van der Waals surface area contributed by atoms with Crippen LogP contribution in [0.1, 0.15) is 57.7 Å². The van der Waals surface area contributed by atoms with Crippen LogP contribution >= 0.6 is 0 Å². The molecule has 2 heterocycles. The number of aryl methyl sites for hydroxylation is 1. The molecule has 0 N–H and O–H groups in total. The number of carbonyl (C=O) groups excluding carboxylic acids is 1. The Morgan fingerprint density at radius 3 is 2.70 bits per heavy atom. The number of nitrogens with zero attached hydrogens (tertiary/aromatic N) is 4. The molecule has 1 aromatic rings. The van der Waals surface area contributed by atoms with Gasteiger partial charge in [0.1, 0.15) is 12.4 Å². The van der Waals surface area contributed by atoms with E-state index < -0.39 is 0 Å². The number of amides is 1. The van der Waals surface area contributed by atoms with Crippen LogP contribution in [0.25, 0.3) is 0 Å². The second kappa shape index (κ2) is 6.89. The Balaban J connectivity index is 1.67. The molecule has 1 fully saturated rings. The summed E-state index contributed by atoms with van der Waals surface area (Å²) >= 11 is 0. The molecule has 6 nitrogen and oxygen atoms in total. The Hall–Kier alpha value is -1.59. The summed E-state index contributed by atoms with van der Waals surface area (Å²) < 4.78 is 3.12. The maximum atomic E-state index is 12.5. The molecule has 3 rings (SSSR count). The Kier molecular flexibility index (Phi) is 4.87. The highest BCUT2D eigenvalue weighted by Crippen LogP contribution is 2.26. The Morgan fingerprint density at radius 1 is 1.22 bits per heavy atom. The van der Waals surface area contributed by atoms with Crippen molar-refractivity contribution >= 4 is 5.91 Å². The Bertz CT molecular complexity index is 611. The second-order valence-corrected chi connectivity index (χ2v) is 7.24. The molecule has 128 valence electrons. The lowest BCUT2D eigenvalue weighted by Gasteiger charge is -2.33. The third kappa shape index (κ3) is 3.51. The Morgan fingerprint density at radius 2 is 1.96 bits per heavy atom. The molecule has 6 heteroatoms. The molecular formula is C17H28N4O2. The van der Waals surface area contributed by atoms with E-state index in [1.54, 1.807) is 4.57 Å². The molecule has 1 aromatic heterocycles. The van der Waals surface area contributed by atoms with Gasteiger partial charge in [0.05, 0.1) is 0 Å². The smallest absolute Gasteiger partial charge is 0.341 e. The van der Waals surface area contributed by atoms with E-state index in [9.17, 15) is 9.59 Å². The van der Waals surface area contributed by atoms with Crippen molar-refractivity contribution in [1.82, 2.24) is 19.2 Å². The van der Waals surface area contributed by atoms with Crippen molar-refractivity contribution in [2.75, 3.05) is 7.05 Å². The van der Waals surface area contributed by atoms with E-state index in [4.69, 9.17) is 0 Å². The summed E-state index contributed by atoms with van der Waals surface area (Å²) in [5, 5.41) is 4.41. The van der Waals surface area contributed by atoms with Gasteiger partial charge in [0.2, 0.25) is 5.91 Å². The van der Waals surface area contributed by atoms with Crippen molar-refractivity contribution in [3.8, 4) is 0 Å². The van der Waals surface area contributed by atoms with Gasteiger partial charge in [-0.25, -0.2) is 9.48 Å². The highest BCUT2D eigenvalue weighted by Gasteiger charge is 2.26. The van der Waals surface area contributed by atoms with Gasteiger partial charge in [0.25, 0.3) is 0 Å². The van der Waals surface area contributed by atoms with Gasteiger partial charge in [0.15, 0.2) is 0 Å². The standard InChI is InChI=1S/C17H28N4O2/c1-13-7-9-14(10-8-13)19(2)16(22)12-21-17(23)20-11-5-3-4-6-15(20)18-21/h13-14H,3-12H2,1-2H3. The van der Waals surface area contributed by atoms with Crippen molar-refractivity contribution in [2.24, 2.45) is 5.92 Å². The number of hydrogen-bond donors (Lipinski definition) is 0. The van der Waals surface area contributed by atoms with Crippen molar-refractivity contribution in [3.05, 3.63) is 16.3 Å². The van der Waals surface area contributed by atoms with Crippen LogP contribution in [0.3, 0.4) is 0 Å². The molecule has 1 amide bonds. The predicted molar refractivity (Wildman–Crippen MR) is 88.2 cm³/mol. The summed E-state index contributed by atoms with van der Waals surface area (Å²) in [5.41, 5.74) is -0.124. The quantitative estimate of drug-likeness (QED) is 0.853. The first-order chi connectivity index (χ1) is 11.1. The Labute approximate surface area is 137 Å². The van der Waals surface area contributed by atoms with E-state index in [0.29, 0.717) is 6.04 Å². The SMILES string of the molecule is CC1CCC(N(C)C(=O)Cn2nc3n(c2=O)CCCCC3)CC1. The van der Waals surface area contributed by atoms with Gasteiger partial charge in [0, 0.05) is 26.1 Å². The molecule has 1 aliphatic carbocycles. The van der Waals surface area contributed by atoms with E-state index in [-0.39, 0.29) is 18.1 Å². The highest BCUT2D eigenvalue weighted by atomic mass is 16.2. The molecule has 0 saturated heterocycles. The lowest BCUT2D eigenvalue weighted by molar-refractivity contribution is -0.133. The van der Waals surface area contributed by atoms with Crippen molar-refractivity contribution < 1.29 is 4.79 Å². The minimum Gasteiger partial charge on any atom is -0.341 e. The van der Waals surface area contributed by atoms with E-state index >= 15 is 0 Å². The second-order valence-electron chi connectivity index (χ2n) is 7.24. The summed E-state index contributed by atoms with van der Waals surface area (Å²) in [7, 11) is 1.87. The summed E-state index contributed by atoms with van der Waals surface area (Å²) in [6, 6.07) is 0.315. The summed E-state index contributed by atoms with van der Waals surface area (Å²) in [6.07, 6.45) is 8.58. The maximum Gasteiger partial charge on any atom is 0.346 e. The molecular weight excluding hydrogens is 292 g/mol. The number of aromatic nitrogens is 3. The van der Waals surface area contributed by atoms with E-state index in [2.05, 4.69) is 12.0 Å². The fourth-order valence-electron chi connectivity index (χ4n) is 3.80. The summed E-state index contributed by atoms with van der Waals surface area (Å²) in [4.78, 5) is 26.8. The monoisotopic (exact) mass is 320 g/mol. The molecule has 0 spiro atoms. The normalized spacial score (nSPS) is 24.8. The zero-order valence-electron chi connectivity index (χ0n) is 14.3. The minimum atomic E-state index is -0.124. The van der Waals surface area contributed by atoms with Gasteiger partial charge in [-0.2, -0.15) is 5.10 Å². The number of likely N-dealkylation sites (N-methyl/N-ethyl adjacent to an activating group) is 1. The molecule has 0 unspecified atom stereocenters. The van der Waals surface area contributed by atoms with E-state index in [0.717, 1.165) is 56.8 Å². The number of rotatable bonds is 3. The topological polar surface area (TPSA) is 60.1 Å². The molecule has 23 heavy (non-hydrogen) atoms. The van der Waals surface area contributed by atoms with Crippen molar-refractivity contribution in [3.63, 3.8) is 0 Å². The zero-order chi connectivity index (χ0) is 16.4. The molecule has 0 radical (unpaired) electrons. The third-order valence-corrected chi connectivity index (χ3v) is 5.49. The molecule has 0 atom stereocenters. The first-order valence-electron chi connectivity index (χ1n) is 8.98. The number of fused-ring (bicyclic) bond motifs is 1. The highest BCUT2D eigenvalue weighted by molar-refractivity contribution is 5.75. The largest absolute Gasteiger partial charge is 0.346 e. The summed E-state index contributed by atoms with van der Waals surface area (Å²) in [6.45, 7) is 3.08. The maximum absolute atomic E-state index is 12.5. The molecule has 0 bridgehead atoms. The lowest BCUT2D eigenvalue weighted by Crippen LogP contribution is -2.42. The van der Waals surface area contributed by atoms with Crippen LogP contribution in [0.15, 0.2) is 4.79 Å². The van der Waals surface area contributed by atoms with E-state index in [1.165, 1.54) is 17.5 Å². The van der Waals surface area contributed by atoms with Crippen LogP contribution in [0.2, 0.25) is 0 Å². The average Bonchev–Trinajstić information content (AvgIpc) is 2.72. The fourth-order valence-corrected chi connectivity index (χ4v) is 3.80. The van der Waals surface area contributed by atoms with Gasteiger partial charge in [-0.1, -0.05) is 13.3 Å². The molecule has 1 saturated carbocycles.